The number of nitrogens with one attached hydrogen (secondary N) is 1. The summed E-state index contributed by atoms with van der Waals surface area (Å²) in [5.41, 5.74) is 0. The van der Waals surface area contributed by atoms with Crippen LogP contribution in [0.4, 0.5) is 0 Å². The Bertz CT molecular complexity index is 116. The summed E-state index contributed by atoms with van der Waals surface area (Å²) in [6.45, 7) is 1.11. The van der Waals surface area contributed by atoms with Gasteiger partial charge in [0.15, 0.2) is 0 Å². The number of aliphatic hydroxyl groups excluding tert-OH is 1. The van der Waals surface area contributed by atoms with Crippen molar-refractivity contribution < 1.29 is 5.11 Å². The number of aliphatic hydroxyl groups is 1. The topological polar surface area (TPSA) is 32.3 Å². The van der Waals surface area contributed by atoms with Crippen LogP contribution in [0, 0.1) is 5.92 Å². The van der Waals surface area contributed by atoms with Gasteiger partial charge in [-0.2, -0.15) is 0 Å². The summed E-state index contributed by atoms with van der Waals surface area (Å²) in [6, 6.07) is 0.424. The SMILES string of the molecule is O[C@H](C1CC1)C1CCCN1. The third-order valence-electron chi connectivity index (χ3n) is 2.62. The van der Waals surface area contributed by atoms with Crippen LogP contribution in [0.1, 0.15) is 25.7 Å². The third-order valence-corrected chi connectivity index (χ3v) is 2.62. The van der Waals surface area contributed by atoms with E-state index in [1.807, 2.05) is 0 Å². The summed E-state index contributed by atoms with van der Waals surface area (Å²) >= 11 is 0. The highest BCUT2D eigenvalue weighted by Gasteiger charge is 2.35. The second-order valence-electron chi connectivity index (χ2n) is 3.53. The van der Waals surface area contributed by atoms with E-state index in [1.165, 1.54) is 25.7 Å². The van der Waals surface area contributed by atoms with Gasteiger partial charge in [-0.25, -0.2) is 0 Å². The van der Waals surface area contributed by atoms with Crippen LogP contribution in [-0.4, -0.2) is 23.8 Å². The summed E-state index contributed by atoms with van der Waals surface area (Å²) in [4.78, 5) is 0. The molecular formula is C8H15NO. The van der Waals surface area contributed by atoms with E-state index in [0.717, 1.165) is 6.54 Å². The fourth-order valence-corrected chi connectivity index (χ4v) is 1.77. The molecule has 2 atom stereocenters. The maximum absolute atomic E-state index is 9.63. The van der Waals surface area contributed by atoms with Crippen molar-refractivity contribution in [1.29, 1.82) is 0 Å². The molecule has 2 N–H and O–H groups in total. The van der Waals surface area contributed by atoms with Gasteiger partial charge in [-0.05, 0) is 38.1 Å². The lowest BCUT2D eigenvalue weighted by atomic mass is 10.1. The number of hydrogen-bond donors (Lipinski definition) is 2. The minimum Gasteiger partial charge on any atom is -0.391 e. The van der Waals surface area contributed by atoms with Crippen molar-refractivity contribution in [1.82, 2.24) is 5.32 Å². The Morgan fingerprint density at radius 3 is 2.60 bits per heavy atom. The molecule has 1 saturated heterocycles. The van der Waals surface area contributed by atoms with Crippen LogP contribution in [-0.2, 0) is 0 Å². The van der Waals surface area contributed by atoms with Crippen LogP contribution in [0.5, 0.6) is 0 Å². The number of hydrogen-bond acceptors (Lipinski definition) is 2. The predicted octanol–water partition coefficient (Wildman–Crippen LogP) is 0.509. The molecule has 2 aliphatic rings. The Kier molecular flexibility index (Phi) is 1.66. The molecule has 0 amide bonds. The van der Waals surface area contributed by atoms with E-state index >= 15 is 0 Å². The summed E-state index contributed by atoms with van der Waals surface area (Å²) in [5.74, 6) is 0.635. The molecule has 0 aromatic heterocycles. The van der Waals surface area contributed by atoms with Crippen LogP contribution in [0.2, 0.25) is 0 Å². The largest absolute Gasteiger partial charge is 0.391 e. The van der Waals surface area contributed by atoms with Crippen molar-refractivity contribution in [3.05, 3.63) is 0 Å². The van der Waals surface area contributed by atoms with Gasteiger partial charge in [-0.1, -0.05) is 0 Å². The third kappa shape index (κ3) is 1.18. The van der Waals surface area contributed by atoms with Crippen molar-refractivity contribution >= 4 is 0 Å². The Morgan fingerprint density at radius 1 is 1.30 bits per heavy atom. The van der Waals surface area contributed by atoms with E-state index in [2.05, 4.69) is 5.32 Å². The maximum Gasteiger partial charge on any atom is 0.0721 e. The fourth-order valence-electron chi connectivity index (χ4n) is 1.77. The lowest BCUT2D eigenvalue weighted by molar-refractivity contribution is 0.114. The minimum absolute atomic E-state index is 0.0394. The molecular weight excluding hydrogens is 126 g/mol. The summed E-state index contributed by atoms with van der Waals surface area (Å²) in [7, 11) is 0. The Morgan fingerprint density at radius 2 is 2.10 bits per heavy atom. The molecule has 1 heterocycles. The van der Waals surface area contributed by atoms with Gasteiger partial charge in [0.25, 0.3) is 0 Å². The molecule has 0 bridgehead atoms. The van der Waals surface area contributed by atoms with Gasteiger partial charge in [-0.3, -0.25) is 0 Å². The molecule has 1 saturated carbocycles. The smallest absolute Gasteiger partial charge is 0.0721 e. The zero-order valence-corrected chi connectivity index (χ0v) is 6.21. The molecule has 1 aliphatic heterocycles. The zero-order chi connectivity index (χ0) is 6.97. The van der Waals surface area contributed by atoms with Crippen molar-refractivity contribution in [3.63, 3.8) is 0 Å². The predicted molar refractivity (Wildman–Crippen MR) is 39.8 cm³/mol. The lowest BCUT2D eigenvalue weighted by Gasteiger charge is -2.16. The van der Waals surface area contributed by atoms with Crippen molar-refractivity contribution in [2.75, 3.05) is 6.54 Å². The van der Waals surface area contributed by atoms with Gasteiger partial charge in [0.1, 0.15) is 0 Å². The van der Waals surface area contributed by atoms with E-state index in [1.54, 1.807) is 0 Å². The van der Waals surface area contributed by atoms with Gasteiger partial charge in [0.05, 0.1) is 6.10 Å². The molecule has 2 fully saturated rings. The normalized spacial score (nSPS) is 36.3. The first-order valence-corrected chi connectivity index (χ1v) is 4.29. The monoisotopic (exact) mass is 141 g/mol. The van der Waals surface area contributed by atoms with Crippen molar-refractivity contribution in [2.24, 2.45) is 5.92 Å². The molecule has 58 valence electrons. The van der Waals surface area contributed by atoms with E-state index in [0.29, 0.717) is 12.0 Å². The molecule has 2 rings (SSSR count). The van der Waals surface area contributed by atoms with Crippen LogP contribution >= 0.6 is 0 Å². The van der Waals surface area contributed by atoms with E-state index in [-0.39, 0.29) is 6.10 Å². The van der Waals surface area contributed by atoms with Gasteiger partial charge >= 0.3 is 0 Å². The Balaban J connectivity index is 1.84. The summed E-state index contributed by atoms with van der Waals surface area (Å²) in [5, 5.41) is 13.0. The molecule has 2 heteroatoms. The molecule has 0 aromatic rings. The van der Waals surface area contributed by atoms with Crippen LogP contribution in [0.25, 0.3) is 0 Å². The first-order chi connectivity index (χ1) is 4.88. The molecule has 0 radical (unpaired) electrons. The van der Waals surface area contributed by atoms with Gasteiger partial charge in [0.2, 0.25) is 0 Å². The number of rotatable bonds is 2. The highest BCUT2D eigenvalue weighted by molar-refractivity contribution is 4.91. The molecule has 0 aromatic carbocycles. The fraction of sp³-hybridized carbons (Fsp3) is 1.00. The first-order valence-electron chi connectivity index (χ1n) is 4.29. The van der Waals surface area contributed by atoms with Gasteiger partial charge < -0.3 is 10.4 Å². The molecule has 10 heavy (non-hydrogen) atoms. The minimum atomic E-state index is -0.0394. The molecule has 1 unspecified atom stereocenters. The molecule has 1 aliphatic carbocycles. The van der Waals surface area contributed by atoms with E-state index < -0.39 is 0 Å². The second kappa shape index (κ2) is 2.51. The summed E-state index contributed by atoms with van der Waals surface area (Å²) in [6.07, 6.45) is 4.88. The maximum atomic E-state index is 9.63. The average Bonchev–Trinajstić information content (AvgIpc) is 2.65. The van der Waals surface area contributed by atoms with Gasteiger partial charge in [0, 0.05) is 6.04 Å². The van der Waals surface area contributed by atoms with Crippen LogP contribution in [0.15, 0.2) is 0 Å². The van der Waals surface area contributed by atoms with Crippen LogP contribution < -0.4 is 5.32 Å². The quantitative estimate of drug-likeness (QED) is 0.587. The Labute approximate surface area is 61.6 Å². The van der Waals surface area contributed by atoms with Crippen molar-refractivity contribution in [2.45, 2.75) is 37.8 Å². The van der Waals surface area contributed by atoms with Crippen LogP contribution in [0.3, 0.4) is 0 Å². The molecule has 0 spiro atoms. The van der Waals surface area contributed by atoms with Gasteiger partial charge in [-0.15, -0.1) is 0 Å². The molecule has 2 nitrogen and oxygen atoms in total. The van der Waals surface area contributed by atoms with Crippen molar-refractivity contribution in [3.8, 4) is 0 Å². The highest BCUT2D eigenvalue weighted by atomic mass is 16.3. The summed E-state index contributed by atoms with van der Waals surface area (Å²) < 4.78 is 0. The van der Waals surface area contributed by atoms with E-state index in [4.69, 9.17) is 0 Å². The first kappa shape index (κ1) is 6.62. The van der Waals surface area contributed by atoms with E-state index in [9.17, 15) is 5.11 Å². The second-order valence-corrected chi connectivity index (χ2v) is 3.53. The average molecular weight is 141 g/mol. The highest BCUT2D eigenvalue weighted by Crippen LogP contribution is 2.35. The lowest BCUT2D eigenvalue weighted by Crippen LogP contribution is -2.35. The standard InChI is InChI=1S/C8H15NO/c10-8(6-3-4-6)7-2-1-5-9-7/h6-10H,1-5H2/t7?,8-/m1/s1. The Hall–Kier alpha value is -0.0800. The zero-order valence-electron chi connectivity index (χ0n) is 6.21.